The van der Waals surface area contributed by atoms with Crippen LogP contribution in [0.5, 0.6) is 0 Å². The molecule has 5 nitrogen and oxygen atoms in total. The van der Waals surface area contributed by atoms with Gasteiger partial charge in [-0.1, -0.05) is 0 Å². The van der Waals surface area contributed by atoms with E-state index in [-0.39, 0.29) is 6.42 Å². The van der Waals surface area contributed by atoms with E-state index >= 15 is 0 Å². The zero-order valence-corrected chi connectivity index (χ0v) is 10.5. The van der Waals surface area contributed by atoms with Crippen molar-refractivity contribution in [3.8, 4) is 0 Å². The highest BCUT2D eigenvalue weighted by Gasteiger charge is 2.30. The topological polar surface area (TPSA) is 77.5 Å². The van der Waals surface area contributed by atoms with Crippen LogP contribution >= 0.6 is 0 Å². The smallest absolute Gasteiger partial charge is 0.264 e. The molecule has 7 heteroatoms. The van der Waals surface area contributed by atoms with Gasteiger partial charge in [0.25, 0.3) is 10.1 Å². The van der Waals surface area contributed by atoms with E-state index in [1.807, 2.05) is 0 Å². The van der Waals surface area contributed by atoms with Gasteiger partial charge in [0.1, 0.15) is 9.84 Å². The molecule has 0 spiro atoms. The molecule has 0 radical (unpaired) electrons. The van der Waals surface area contributed by atoms with Crippen LogP contribution in [0, 0.1) is 0 Å². The molecular formula is C8H16O5S2. The average molecular weight is 256 g/mol. The Balaban J connectivity index is 2.65. The fourth-order valence-corrected chi connectivity index (χ4v) is 3.65. The molecule has 1 saturated carbocycles. The minimum Gasteiger partial charge on any atom is -0.267 e. The van der Waals surface area contributed by atoms with Crippen LogP contribution in [0.3, 0.4) is 0 Å². The fraction of sp³-hybridized carbons (Fsp3) is 1.00. The molecule has 0 amide bonds. The van der Waals surface area contributed by atoms with Crippen LogP contribution in [0.25, 0.3) is 0 Å². The lowest BCUT2D eigenvalue weighted by Gasteiger charge is -2.26. The second-order valence-corrected chi connectivity index (χ2v) is 7.97. The summed E-state index contributed by atoms with van der Waals surface area (Å²) < 4.78 is 49.2. The summed E-state index contributed by atoms with van der Waals surface area (Å²) in [5, 5.41) is -0.460. The Kier molecular flexibility index (Phi) is 3.78. The van der Waals surface area contributed by atoms with E-state index < -0.39 is 31.3 Å². The summed E-state index contributed by atoms with van der Waals surface area (Å²) in [6.07, 6.45) is 3.87. The molecule has 15 heavy (non-hydrogen) atoms. The Morgan fingerprint density at radius 3 is 2.13 bits per heavy atom. The van der Waals surface area contributed by atoms with Crippen LogP contribution in [0.4, 0.5) is 0 Å². The summed E-state index contributed by atoms with van der Waals surface area (Å²) in [6.45, 7) is 0. The standard InChI is InChI=1S/C8H16O5S2/c1-14(9,10)8-5-3-4-7(6-8)13-15(2,11)12/h7-8H,3-6H2,1-2H3/t7-,8-/m1/s1. The van der Waals surface area contributed by atoms with Gasteiger partial charge in [0.15, 0.2) is 0 Å². The van der Waals surface area contributed by atoms with Crippen molar-refractivity contribution in [1.82, 2.24) is 0 Å². The van der Waals surface area contributed by atoms with Crippen molar-refractivity contribution in [3.63, 3.8) is 0 Å². The highest BCUT2D eigenvalue weighted by atomic mass is 32.2. The molecule has 1 aliphatic carbocycles. The van der Waals surface area contributed by atoms with Gasteiger partial charge < -0.3 is 0 Å². The fourth-order valence-electron chi connectivity index (χ4n) is 1.83. The molecule has 0 N–H and O–H groups in total. The lowest BCUT2D eigenvalue weighted by atomic mass is 9.97. The van der Waals surface area contributed by atoms with Crippen molar-refractivity contribution in [1.29, 1.82) is 0 Å². The van der Waals surface area contributed by atoms with E-state index in [2.05, 4.69) is 0 Å². The predicted octanol–water partition coefficient (Wildman–Crippen LogP) is 0.318. The van der Waals surface area contributed by atoms with E-state index in [1.54, 1.807) is 0 Å². The Labute approximate surface area is 90.9 Å². The van der Waals surface area contributed by atoms with E-state index in [4.69, 9.17) is 4.18 Å². The van der Waals surface area contributed by atoms with E-state index in [9.17, 15) is 16.8 Å². The summed E-state index contributed by atoms with van der Waals surface area (Å²) >= 11 is 0. The van der Waals surface area contributed by atoms with Crippen molar-refractivity contribution in [2.45, 2.75) is 37.0 Å². The maximum atomic E-state index is 11.3. The number of rotatable bonds is 3. The molecule has 2 atom stereocenters. The number of hydrogen-bond acceptors (Lipinski definition) is 5. The zero-order chi connectivity index (χ0) is 11.7. The van der Waals surface area contributed by atoms with Gasteiger partial charge in [0.05, 0.1) is 17.6 Å². The first-order valence-corrected chi connectivity index (χ1v) is 8.53. The Morgan fingerprint density at radius 2 is 1.67 bits per heavy atom. The van der Waals surface area contributed by atoms with Crippen LogP contribution in [-0.2, 0) is 24.1 Å². The highest BCUT2D eigenvalue weighted by molar-refractivity contribution is 7.91. The van der Waals surface area contributed by atoms with Crippen molar-refractivity contribution < 1.29 is 21.0 Å². The first-order chi connectivity index (χ1) is 6.68. The number of sulfone groups is 1. The zero-order valence-electron chi connectivity index (χ0n) is 8.84. The minimum absolute atomic E-state index is 0.284. The van der Waals surface area contributed by atoms with E-state index in [0.29, 0.717) is 19.3 Å². The summed E-state index contributed by atoms with van der Waals surface area (Å²) in [5.41, 5.74) is 0. The lowest BCUT2D eigenvalue weighted by Crippen LogP contribution is -2.32. The lowest BCUT2D eigenvalue weighted by molar-refractivity contribution is 0.165. The monoisotopic (exact) mass is 256 g/mol. The van der Waals surface area contributed by atoms with Crippen LogP contribution < -0.4 is 0 Å². The molecule has 1 rings (SSSR count). The molecule has 0 aromatic rings. The summed E-state index contributed by atoms with van der Waals surface area (Å²) in [4.78, 5) is 0. The Morgan fingerprint density at radius 1 is 1.07 bits per heavy atom. The Bertz CT molecular complexity index is 408. The summed E-state index contributed by atoms with van der Waals surface area (Å²) in [6, 6.07) is 0. The van der Waals surface area contributed by atoms with Crippen LogP contribution in [0.15, 0.2) is 0 Å². The van der Waals surface area contributed by atoms with Gasteiger partial charge in [0, 0.05) is 6.26 Å². The van der Waals surface area contributed by atoms with Crippen LogP contribution in [0.2, 0.25) is 0 Å². The molecule has 90 valence electrons. The van der Waals surface area contributed by atoms with Gasteiger partial charge in [-0.3, -0.25) is 4.18 Å². The molecule has 0 unspecified atom stereocenters. The molecule has 1 aliphatic rings. The normalized spacial score (nSPS) is 28.9. The molecule has 0 aromatic heterocycles. The minimum atomic E-state index is -3.49. The quantitative estimate of drug-likeness (QED) is 0.679. The van der Waals surface area contributed by atoms with Crippen molar-refractivity contribution in [2.24, 2.45) is 0 Å². The first kappa shape index (κ1) is 12.9. The van der Waals surface area contributed by atoms with E-state index in [1.165, 1.54) is 6.26 Å². The van der Waals surface area contributed by atoms with Gasteiger partial charge in [0.2, 0.25) is 0 Å². The van der Waals surface area contributed by atoms with Gasteiger partial charge >= 0.3 is 0 Å². The predicted molar refractivity (Wildman–Crippen MR) is 56.8 cm³/mol. The second-order valence-electron chi connectivity index (χ2n) is 4.04. The van der Waals surface area contributed by atoms with Crippen molar-refractivity contribution in [3.05, 3.63) is 0 Å². The first-order valence-electron chi connectivity index (χ1n) is 4.75. The largest absolute Gasteiger partial charge is 0.267 e. The maximum absolute atomic E-state index is 11.3. The van der Waals surface area contributed by atoms with Crippen molar-refractivity contribution in [2.75, 3.05) is 12.5 Å². The van der Waals surface area contributed by atoms with Crippen LogP contribution in [0.1, 0.15) is 25.7 Å². The molecule has 0 bridgehead atoms. The van der Waals surface area contributed by atoms with E-state index in [0.717, 1.165) is 6.26 Å². The molecule has 0 saturated heterocycles. The molecule has 0 heterocycles. The average Bonchev–Trinajstić information content (AvgIpc) is 1.99. The molecule has 0 aliphatic heterocycles. The van der Waals surface area contributed by atoms with Gasteiger partial charge in [-0.15, -0.1) is 0 Å². The second kappa shape index (κ2) is 4.39. The van der Waals surface area contributed by atoms with Crippen LogP contribution in [-0.4, -0.2) is 40.7 Å². The Hall–Kier alpha value is -0.140. The van der Waals surface area contributed by atoms with Gasteiger partial charge in [-0.2, -0.15) is 8.42 Å². The highest BCUT2D eigenvalue weighted by Crippen LogP contribution is 2.26. The van der Waals surface area contributed by atoms with Crippen molar-refractivity contribution >= 4 is 20.0 Å². The molecular weight excluding hydrogens is 240 g/mol. The molecule has 0 aromatic carbocycles. The third-order valence-electron chi connectivity index (χ3n) is 2.49. The van der Waals surface area contributed by atoms with Gasteiger partial charge in [-0.25, -0.2) is 8.42 Å². The summed E-state index contributed by atoms with van der Waals surface area (Å²) in [7, 11) is -6.58. The number of hydrogen-bond donors (Lipinski definition) is 0. The third kappa shape index (κ3) is 4.48. The molecule has 1 fully saturated rings. The summed E-state index contributed by atoms with van der Waals surface area (Å²) in [5.74, 6) is 0. The SMILES string of the molecule is CS(=O)(=O)O[C@@H]1CCC[C@@H](S(C)(=O)=O)C1. The third-order valence-corrected chi connectivity index (χ3v) is 4.76. The van der Waals surface area contributed by atoms with Gasteiger partial charge in [-0.05, 0) is 25.7 Å². The maximum Gasteiger partial charge on any atom is 0.264 e.